The van der Waals surface area contributed by atoms with Crippen LogP contribution < -0.4 is 16.2 Å². The van der Waals surface area contributed by atoms with E-state index < -0.39 is 0 Å². The topological polar surface area (TPSA) is 69.8 Å². The molecule has 0 spiro atoms. The smallest absolute Gasteiger partial charge is 0.271 e. The first-order valence-corrected chi connectivity index (χ1v) is 5.85. The number of nitrogens with zero attached hydrogens (tertiary/aromatic N) is 1. The molecule has 1 aromatic rings. The van der Waals surface area contributed by atoms with Crippen molar-refractivity contribution in [3.8, 4) is 0 Å². The van der Waals surface area contributed by atoms with Crippen LogP contribution >= 0.6 is 11.6 Å². The van der Waals surface area contributed by atoms with Gasteiger partial charge in [-0.25, -0.2) is 4.98 Å². The molecule has 3 N–H and O–H groups in total. The average molecular weight is 243 g/mol. The predicted octanol–water partition coefficient (Wildman–Crippen LogP) is 0.977. The zero-order valence-corrected chi connectivity index (χ0v) is 9.68. The molecule has 0 unspecified atom stereocenters. The first kappa shape index (κ1) is 11.4. The highest BCUT2D eigenvalue weighted by Crippen LogP contribution is 2.13. The fourth-order valence-corrected chi connectivity index (χ4v) is 2.04. The minimum absolute atomic E-state index is 0.127. The van der Waals surface area contributed by atoms with E-state index in [1.54, 1.807) is 0 Å². The molecule has 0 amide bonds. The number of anilines is 1. The van der Waals surface area contributed by atoms with Crippen molar-refractivity contribution >= 4 is 17.4 Å². The molecule has 1 aliphatic rings. The number of aromatic amines is 1. The molecule has 1 fully saturated rings. The van der Waals surface area contributed by atoms with Gasteiger partial charge in [-0.1, -0.05) is 11.6 Å². The lowest BCUT2D eigenvalue weighted by Gasteiger charge is -2.11. The van der Waals surface area contributed by atoms with Crippen molar-refractivity contribution < 1.29 is 0 Å². The van der Waals surface area contributed by atoms with E-state index in [1.807, 2.05) is 0 Å². The van der Waals surface area contributed by atoms with Crippen LogP contribution in [0.2, 0.25) is 5.02 Å². The van der Waals surface area contributed by atoms with Gasteiger partial charge < -0.3 is 15.6 Å². The van der Waals surface area contributed by atoms with Crippen molar-refractivity contribution in [2.45, 2.75) is 25.3 Å². The number of H-pyrrole nitrogens is 1. The average Bonchev–Trinajstić information content (AvgIpc) is 2.77. The van der Waals surface area contributed by atoms with Gasteiger partial charge in [0, 0.05) is 12.6 Å². The lowest BCUT2D eigenvalue weighted by molar-refractivity contribution is 0.574. The van der Waals surface area contributed by atoms with Crippen LogP contribution in [0.15, 0.2) is 11.1 Å². The molecule has 0 radical (unpaired) electrons. The van der Waals surface area contributed by atoms with E-state index in [-0.39, 0.29) is 10.6 Å². The normalized spacial score (nSPS) is 19.9. The van der Waals surface area contributed by atoms with Gasteiger partial charge in [-0.15, -0.1) is 0 Å². The SMILES string of the molecule is O=c1[nH]cnc(NCC[C@@H]2CCCN2)c1Cl. The maximum Gasteiger partial charge on any atom is 0.271 e. The van der Waals surface area contributed by atoms with E-state index in [2.05, 4.69) is 20.6 Å². The van der Waals surface area contributed by atoms with Crippen molar-refractivity contribution in [3.63, 3.8) is 0 Å². The van der Waals surface area contributed by atoms with Gasteiger partial charge in [0.15, 0.2) is 5.82 Å². The van der Waals surface area contributed by atoms with Crippen LogP contribution in [-0.4, -0.2) is 29.1 Å². The molecule has 5 nitrogen and oxygen atoms in total. The highest BCUT2D eigenvalue weighted by Gasteiger charge is 2.13. The van der Waals surface area contributed by atoms with Crippen molar-refractivity contribution in [3.05, 3.63) is 21.7 Å². The molecule has 0 aliphatic carbocycles. The van der Waals surface area contributed by atoms with Gasteiger partial charge in [-0.2, -0.15) is 0 Å². The van der Waals surface area contributed by atoms with Crippen molar-refractivity contribution in [1.82, 2.24) is 15.3 Å². The second-order valence-electron chi connectivity index (χ2n) is 3.90. The third-order valence-corrected chi connectivity index (χ3v) is 3.09. The summed E-state index contributed by atoms with van der Waals surface area (Å²) < 4.78 is 0. The van der Waals surface area contributed by atoms with Gasteiger partial charge in [-0.05, 0) is 25.8 Å². The Kier molecular flexibility index (Phi) is 3.79. The summed E-state index contributed by atoms with van der Waals surface area (Å²) in [5, 5.41) is 6.61. The third kappa shape index (κ3) is 2.74. The van der Waals surface area contributed by atoms with E-state index in [1.165, 1.54) is 19.2 Å². The van der Waals surface area contributed by atoms with Crippen molar-refractivity contribution in [1.29, 1.82) is 0 Å². The second-order valence-corrected chi connectivity index (χ2v) is 4.28. The van der Waals surface area contributed by atoms with Crippen LogP contribution in [0.25, 0.3) is 0 Å². The summed E-state index contributed by atoms with van der Waals surface area (Å²) in [6.07, 6.45) is 4.84. The van der Waals surface area contributed by atoms with Crippen LogP contribution in [0, 0.1) is 0 Å². The summed E-state index contributed by atoms with van der Waals surface area (Å²) in [6, 6.07) is 0.577. The van der Waals surface area contributed by atoms with Gasteiger partial charge >= 0.3 is 0 Å². The number of hydrogen-bond donors (Lipinski definition) is 3. The lowest BCUT2D eigenvalue weighted by atomic mass is 10.1. The lowest BCUT2D eigenvalue weighted by Crippen LogP contribution is -2.24. The number of halogens is 1. The fraction of sp³-hybridized carbons (Fsp3) is 0.600. The number of aromatic nitrogens is 2. The summed E-state index contributed by atoms with van der Waals surface area (Å²) in [4.78, 5) is 17.6. The maximum absolute atomic E-state index is 11.2. The molecule has 16 heavy (non-hydrogen) atoms. The minimum atomic E-state index is -0.307. The molecule has 2 heterocycles. The summed E-state index contributed by atoms with van der Waals surface area (Å²) in [5.74, 6) is 0.461. The molecule has 1 atom stereocenters. The summed E-state index contributed by atoms with van der Waals surface area (Å²) in [5.41, 5.74) is -0.307. The van der Waals surface area contributed by atoms with E-state index in [0.717, 1.165) is 19.5 Å². The first-order valence-electron chi connectivity index (χ1n) is 5.48. The molecule has 88 valence electrons. The third-order valence-electron chi connectivity index (χ3n) is 2.74. The Hall–Kier alpha value is -1.07. The van der Waals surface area contributed by atoms with Gasteiger partial charge in [0.25, 0.3) is 5.56 Å². The Labute approximate surface area is 98.6 Å². The number of hydrogen-bond acceptors (Lipinski definition) is 4. The molecule has 1 saturated heterocycles. The van der Waals surface area contributed by atoms with Crippen LogP contribution in [0.1, 0.15) is 19.3 Å². The Morgan fingerprint density at radius 2 is 2.50 bits per heavy atom. The Balaban J connectivity index is 1.84. The first-order chi connectivity index (χ1) is 7.77. The second kappa shape index (κ2) is 5.32. The number of nitrogens with one attached hydrogen (secondary N) is 3. The quantitative estimate of drug-likeness (QED) is 0.736. The highest BCUT2D eigenvalue weighted by atomic mass is 35.5. The van der Waals surface area contributed by atoms with E-state index in [4.69, 9.17) is 11.6 Å². The van der Waals surface area contributed by atoms with Crippen LogP contribution in [0.3, 0.4) is 0 Å². The maximum atomic E-state index is 11.2. The van der Waals surface area contributed by atoms with Crippen LogP contribution in [-0.2, 0) is 0 Å². The standard InChI is InChI=1S/C10H15ClN4O/c11-8-9(14-6-15-10(8)16)13-5-3-7-2-1-4-12-7/h6-7,12H,1-5H2,(H2,13,14,15,16)/t7-/m0/s1. The molecular formula is C10H15ClN4O. The Morgan fingerprint density at radius 3 is 3.25 bits per heavy atom. The zero-order valence-electron chi connectivity index (χ0n) is 8.92. The molecule has 6 heteroatoms. The molecule has 0 aromatic carbocycles. The summed E-state index contributed by atoms with van der Waals surface area (Å²) >= 11 is 5.80. The fourth-order valence-electron chi connectivity index (χ4n) is 1.87. The summed E-state index contributed by atoms with van der Waals surface area (Å²) in [7, 11) is 0. The largest absolute Gasteiger partial charge is 0.369 e. The van der Waals surface area contributed by atoms with E-state index in [0.29, 0.717) is 11.9 Å². The minimum Gasteiger partial charge on any atom is -0.369 e. The van der Waals surface area contributed by atoms with E-state index in [9.17, 15) is 4.79 Å². The van der Waals surface area contributed by atoms with Crippen molar-refractivity contribution in [2.75, 3.05) is 18.4 Å². The monoisotopic (exact) mass is 242 g/mol. The van der Waals surface area contributed by atoms with Gasteiger partial charge in [0.2, 0.25) is 0 Å². The predicted molar refractivity (Wildman–Crippen MR) is 64.0 cm³/mol. The Morgan fingerprint density at radius 1 is 1.62 bits per heavy atom. The van der Waals surface area contributed by atoms with E-state index >= 15 is 0 Å². The molecule has 0 saturated carbocycles. The van der Waals surface area contributed by atoms with Gasteiger partial charge in [-0.3, -0.25) is 4.79 Å². The van der Waals surface area contributed by atoms with Crippen molar-refractivity contribution in [2.24, 2.45) is 0 Å². The molecule has 1 aliphatic heterocycles. The van der Waals surface area contributed by atoms with Gasteiger partial charge in [0.1, 0.15) is 5.02 Å². The number of rotatable bonds is 4. The van der Waals surface area contributed by atoms with Crippen LogP contribution in [0.4, 0.5) is 5.82 Å². The zero-order chi connectivity index (χ0) is 11.4. The molecule has 0 bridgehead atoms. The van der Waals surface area contributed by atoms with Gasteiger partial charge in [0.05, 0.1) is 6.33 Å². The van der Waals surface area contributed by atoms with Crippen LogP contribution in [0.5, 0.6) is 0 Å². The highest BCUT2D eigenvalue weighted by molar-refractivity contribution is 6.32. The summed E-state index contributed by atoms with van der Waals surface area (Å²) in [6.45, 7) is 1.88. The molecule has 2 rings (SSSR count). The molecule has 1 aromatic heterocycles. The molecular weight excluding hydrogens is 228 g/mol. The Bertz CT molecular complexity index is 400.